The average molecular weight is 138 g/mol. The van der Waals surface area contributed by atoms with Crippen molar-refractivity contribution in [1.82, 2.24) is 0 Å². The van der Waals surface area contributed by atoms with Crippen LogP contribution in [-0.2, 0) is 0 Å². The predicted molar refractivity (Wildman–Crippen MR) is 46.1 cm³/mol. The highest BCUT2D eigenvalue weighted by Gasteiger charge is 1.91. The maximum absolute atomic E-state index is 2.35. The summed E-state index contributed by atoms with van der Waals surface area (Å²) in [6.07, 6.45) is 16.0. The second-order valence-electron chi connectivity index (χ2n) is 3.17. The van der Waals surface area contributed by atoms with Gasteiger partial charge >= 0.3 is 0 Å². The van der Waals surface area contributed by atoms with Crippen LogP contribution in [0, 0.1) is 0 Å². The van der Waals surface area contributed by atoms with E-state index in [1.165, 1.54) is 51.4 Å². The largest absolute Gasteiger partial charge is 0.0885 e. The summed E-state index contributed by atoms with van der Waals surface area (Å²) in [5.41, 5.74) is 0. The SMILES string of the molecule is C1=C/CCCCCCCC/1. The van der Waals surface area contributed by atoms with Gasteiger partial charge in [0, 0.05) is 0 Å². The molecule has 0 saturated heterocycles. The normalized spacial score (nSPS) is 25.6. The Labute approximate surface area is 64.3 Å². The molecular weight excluding hydrogens is 120 g/mol. The van der Waals surface area contributed by atoms with E-state index >= 15 is 0 Å². The Morgan fingerprint density at radius 1 is 0.500 bits per heavy atom. The van der Waals surface area contributed by atoms with Gasteiger partial charge in [-0.2, -0.15) is 0 Å². The van der Waals surface area contributed by atoms with Gasteiger partial charge in [-0.25, -0.2) is 0 Å². The fraction of sp³-hybridized carbons (Fsp3) is 0.800. The lowest BCUT2D eigenvalue weighted by molar-refractivity contribution is 0.592. The first-order valence-electron chi connectivity index (χ1n) is 4.65. The van der Waals surface area contributed by atoms with Crippen LogP contribution in [0.1, 0.15) is 51.4 Å². The van der Waals surface area contributed by atoms with Crippen molar-refractivity contribution >= 4 is 0 Å². The molecule has 0 aromatic heterocycles. The average Bonchev–Trinajstić information content (AvgIpc) is 2.01. The monoisotopic (exact) mass is 138 g/mol. The molecule has 0 aromatic rings. The zero-order valence-corrected chi connectivity index (χ0v) is 6.81. The molecule has 0 fully saturated rings. The first kappa shape index (κ1) is 7.84. The molecule has 10 heavy (non-hydrogen) atoms. The number of rotatable bonds is 0. The molecule has 0 radical (unpaired) electrons. The Morgan fingerprint density at radius 2 is 0.900 bits per heavy atom. The van der Waals surface area contributed by atoms with Gasteiger partial charge in [0.15, 0.2) is 0 Å². The summed E-state index contributed by atoms with van der Waals surface area (Å²) < 4.78 is 0. The number of hydrogen-bond acceptors (Lipinski definition) is 0. The molecule has 0 atom stereocenters. The van der Waals surface area contributed by atoms with Gasteiger partial charge in [-0.15, -0.1) is 0 Å². The lowest BCUT2D eigenvalue weighted by Gasteiger charge is -2.01. The first-order chi connectivity index (χ1) is 5.00. The lowest BCUT2D eigenvalue weighted by Crippen LogP contribution is -1.81. The standard InChI is InChI=1S/C10H18/c1-2-4-6-8-10-9-7-5-3-1/h1-2H,3-10H2/b2-1+. The van der Waals surface area contributed by atoms with E-state index in [0.717, 1.165) is 0 Å². The lowest BCUT2D eigenvalue weighted by atomic mass is 10.1. The molecule has 0 spiro atoms. The van der Waals surface area contributed by atoms with Crippen LogP contribution in [0.4, 0.5) is 0 Å². The van der Waals surface area contributed by atoms with Crippen molar-refractivity contribution < 1.29 is 0 Å². The molecule has 0 aliphatic heterocycles. The molecular formula is C10H18. The third-order valence-electron chi connectivity index (χ3n) is 2.16. The van der Waals surface area contributed by atoms with Crippen LogP contribution < -0.4 is 0 Å². The molecule has 58 valence electrons. The zero-order chi connectivity index (χ0) is 7.07. The molecule has 0 saturated carbocycles. The van der Waals surface area contributed by atoms with Gasteiger partial charge in [-0.05, 0) is 25.7 Å². The predicted octanol–water partition coefficient (Wildman–Crippen LogP) is 3.68. The first-order valence-corrected chi connectivity index (χ1v) is 4.65. The van der Waals surface area contributed by atoms with Crippen LogP contribution >= 0.6 is 0 Å². The van der Waals surface area contributed by atoms with Crippen molar-refractivity contribution in [2.75, 3.05) is 0 Å². The van der Waals surface area contributed by atoms with Gasteiger partial charge < -0.3 is 0 Å². The summed E-state index contributed by atoms with van der Waals surface area (Å²) in [5.74, 6) is 0. The van der Waals surface area contributed by atoms with E-state index in [9.17, 15) is 0 Å². The second-order valence-corrected chi connectivity index (χ2v) is 3.17. The fourth-order valence-electron chi connectivity index (χ4n) is 1.47. The summed E-state index contributed by atoms with van der Waals surface area (Å²) in [6.45, 7) is 0. The minimum atomic E-state index is 1.32. The molecule has 1 aliphatic carbocycles. The van der Waals surface area contributed by atoms with Crippen molar-refractivity contribution in [2.45, 2.75) is 51.4 Å². The fourth-order valence-corrected chi connectivity index (χ4v) is 1.47. The molecule has 0 aromatic carbocycles. The molecule has 0 heterocycles. The smallest absolute Gasteiger partial charge is 0.0351 e. The van der Waals surface area contributed by atoms with E-state index in [1.807, 2.05) is 0 Å². The van der Waals surface area contributed by atoms with E-state index in [-0.39, 0.29) is 0 Å². The van der Waals surface area contributed by atoms with E-state index in [2.05, 4.69) is 12.2 Å². The van der Waals surface area contributed by atoms with Crippen molar-refractivity contribution in [3.63, 3.8) is 0 Å². The Bertz CT molecular complexity index is 80.2. The van der Waals surface area contributed by atoms with Crippen LogP contribution in [0.25, 0.3) is 0 Å². The van der Waals surface area contributed by atoms with Crippen molar-refractivity contribution in [2.24, 2.45) is 0 Å². The van der Waals surface area contributed by atoms with E-state index in [1.54, 1.807) is 0 Å². The second kappa shape index (κ2) is 5.52. The van der Waals surface area contributed by atoms with E-state index in [4.69, 9.17) is 0 Å². The van der Waals surface area contributed by atoms with Crippen molar-refractivity contribution in [1.29, 1.82) is 0 Å². The van der Waals surface area contributed by atoms with Crippen LogP contribution in [0.15, 0.2) is 12.2 Å². The minimum Gasteiger partial charge on any atom is -0.0885 e. The van der Waals surface area contributed by atoms with Gasteiger partial charge in [-0.1, -0.05) is 37.8 Å². The molecule has 0 N–H and O–H groups in total. The van der Waals surface area contributed by atoms with Gasteiger partial charge in [0.05, 0.1) is 0 Å². The van der Waals surface area contributed by atoms with Gasteiger partial charge in [0.2, 0.25) is 0 Å². The van der Waals surface area contributed by atoms with Crippen molar-refractivity contribution in [3.05, 3.63) is 12.2 Å². The summed E-state index contributed by atoms with van der Waals surface area (Å²) in [5, 5.41) is 0. The molecule has 0 unspecified atom stereocenters. The highest BCUT2D eigenvalue weighted by atomic mass is 14.0. The zero-order valence-electron chi connectivity index (χ0n) is 6.81. The van der Waals surface area contributed by atoms with Crippen molar-refractivity contribution in [3.8, 4) is 0 Å². The summed E-state index contributed by atoms with van der Waals surface area (Å²) in [6, 6.07) is 0. The summed E-state index contributed by atoms with van der Waals surface area (Å²) >= 11 is 0. The van der Waals surface area contributed by atoms with Gasteiger partial charge in [0.25, 0.3) is 0 Å². The highest BCUT2D eigenvalue weighted by Crippen LogP contribution is 2.11. The number of allylic oxidation sites excluding steroid dienone is 2. The molecule has 0 bridgehead atoms. The summed E-state index contributed by atoms with van der Waals surface area (Å²) in [7, 11) is 0. The minimum absolute atomic E-state index is 1.32. The maximum Gasteiger partial charge on any atom is -0.0351 e. The molecule has 0 nitrogen and oxygen atoms in total. The van der Waals surface area contributed by atoms with Crippen LogP contribution in [0.3, 0.4) is 0 Å². The van der Waals surface area contributed by atoms with E-state index < -0.39 is 0 Å². The Hall–Kier alpha value is -0.260. The Morgan fingerprint density at radius 3 is 1.40 bits per heavy atom. The Kier molecular flexibility index (Phi) is 4.33. The molecule has 0 heteroatoms. The maximum atomic E-state index is 2.35. The number of hydrogen-bond donors (Lipinski definition) is 0. The van der Waals surface area contributed by atoms with Crippen LogP contribution in [-0.4, -0.2) is 0 Å². The van der Waals surface area contributed by atoms with E-state index in [0.29, 0.717) is 0 Å². The van der Waals surface area contributed by atoms with Crippen LogP contribution in [0.5, 0.6) is 0 Å². The Balaban J connectivity index is 2.13. The summed E-state index contributed by atoms with van der Waals surface area (Å²) in [4.78, 5) is 0. The van der Waals surface area contributed by atoms with Crippen LogP contribution in [0.2, 0.25) is 0 Å². The molecule has 0 amide bonds. The highest BCUT2D eigenvalue weighted by molar-refractivity contribution is 4.81. The molecule has 1 rings (SSSR count). The van der Waals surface area contributed by atoms with Gasteiger partial charge in [-0.3, -0.25) is 0 Å². The van der Waals surface area contributed by atoms with Gasteiger partial charge in [0.1, 0.15) is 0 Å². The topological polar surface area (TPSA) is 0 Å². The third kappa shape index (κ3) is 3.71. The third-order valence-corrected chi connectivity index (χ3v) is 2.16. The quantitative estimate of drug-likeness (QED) is 0.448. The molecule has 1 aliphatic rings.